The number of hydrogen-bond donors (Lipinski definition) is 0. The monoisotopic (exact) mass is 476 g/mol. The standard InChI is InChI=1S/C24H14Cl2N4OS/c1-12(2)3-4-13-5-6-14(23-22(13)29-32-30-23)7-18-21(15(10-27)11-28)16-8-19(25)20(26)9-17(16)24(18)31/h5-6,8-9,12,18H,7H2,1-2H3. The molecule has 1 aromatic heterocycles. The van der Waals surface area contributed by atoms with Gasteiger partial charge in [-0.25, -0.2) is 0 Å². The molecule has 1 aliphatic rings. The van der Waals surface area contributed by atoms with Crippen LogP contribution in [0.1, 0.15) is 40.9 Å². The van der Waals surface area contributed by atoms with Crippen LogP contribution in [0, 0.1) is 46.3 Å². The van der Waals surface area contributed by atoms with E-state index in [0.29, 0.717) is 27.7 Å². The van der Waals surface area contributed by atoms with Gasteiger partial charge in [0.25, 0.3) is 0 Å². The smallest absolute Gasteiger partial charge is 0.171 e. The molecule has 1 unspecified atom stereocenters. The summed E-state index contributed by atoms with van der Waals surface area (Å²) in [5, 5.41) is 19.6. The molecule has 0 saturated heterocycles. The minimum atomic E-state index is -0.730. The predicted molar refractivity (Wildman–Crippen MR) is 125 cm³/mol. The first-order chi connectivity index (χ1) is 15.3. The maximum Gasteiger partial charge on any atom is 0.171 e. The Hall–Kier alpha value is -3.21. The molecule has 8 heteroatoms. The topological polar surface area (TPSA) is 90.4 Å². The predicted octanol–water partition coefficient (Wildman–Crippen LogP) is 5.86. The Bertz CT molecular complexity index is 1450. The lowest BCUT2D eigenvalue weighted by Gasteiger charge is -2.12. The van der Waals surface area contributed by atoms with Gasteiger partial charge in [0, 0.05) is 11.5 Å². The van der Waals surface area contributed by atoms with Gasteiger partial charge in [-0.15, -0.1) is 0 Å². The number of ketones is 1. The van der Waals surface area contributed by atoms with Crippen LogP contribution in [0.15, 0.2) is 29.8 Å². The van der Waals surface area contributed by atoms with Gasteiger partial charge in [-0.2, -0.15) is 19.3 Å². The van der Waals surface area contributed by atoms with Crippen molar-refractivity contribution in [3.8, 4) is 24.0 Å². The van der Waals surface area contributed by atoms with Crippen LogP contribution in [0.2, 0.25) is 10.0 Å². The molecule has 0 amide bonds. The maximum absolute atomic E-state index is 13.3. The van der Waals surface area contributed by atoms with E-state index in [1.165, 1.54) is 6.07 Å². The van der Waals surface area contributed by atoms with E-state index in [-0.39, 0.29) is 33.7 Å². The van der Waals surface area contributed by atoms with Crippen LogP contribution in [0.4, 0.5) is 0 Å². The number of carbonyl (C=O) groups is 1. The first kappa shape index (κ1) is 22.0. The molecule has 2 aromatic carbocycles. The molecule has 1 atom stereocenters. The number of benzene rings is 2. The molecule has 0 fully saturated rings. The summed E-state index contributed by atoms with van der Waals surface area (Å²) < 4.78 is 8.82. The van der Waals surface area contributed by atoms with E-state index in [0.717, 1.165) is 22.9 Å². The highest BCUT2D eigenvalue weighted by atomic mass is 35.5. The Morgan fingerprint density at radius 2 is 1.75 bits per heavy atom. The molecule has 0 aliphatic heterocycles. The molecule has 4 rings (SSSR count). The zero-order valence-electron chi connectivity index (χ0n) is 17.0. The van der Waals surface area contributed by atoms with Crippen LogP contribution < -0.4 is 0 Å². The van der Waals surface area contributed by atoms with Crippen molar-refractivity contribution < 1.29 is 4.79 Å². The average molecular weight is 477 g/mol. The largest absolute Gasteiger partial charge is 0.293 e. The van der Waals surface area contributed by atoms with Crippen molar-refractivity contribution in [1.82, 2.24) is 8.75 Å². The number of aromatic nitrogens is 2. The van der Waals surface area contributed by atoms with Crippen molar-refractivity contribution >= 4 is 57.3 Å². The second-order valence-electron chi connectivity index (χ2n) is 7.60. The van der Waals surface area contributed by atoms with E-state index in [1.54, 1.807) is 6.07 Å². The number of carbonyl (C=O) groups excluding carboxylic acids is 1. The van der Waals surface area contributed by atoms with Crippen LogP contribution in [0.5, 0.6) is 0 Å². The molecule has 0 spiro atoms. The lowest BCUT2D eigenvalue weighted by molar-refractivity contribution is 0.0958. The number of nitriles is 2. The molecule has 32 heavy (non-hydrogen) atoms. The molecule has 5 nitrogen and oxygen atoms in total. The maximum atomic E-state index is 13.3. The number of nitrogens with zero attached hydrogens (tertiary/aromatic N) is 4. The SMILES string of the molecule is CC(C)C#Cc1ccc(CC2C(=O)c3cc(Cl)c(Cl)cc3C2=C(C#N)C#N)c2nsnc12. The van der Waals surface area contributed by atoms with Gasteiger partial charge in [-0.05, 0) is 41.3 Å². The first-order valence-corrected chi connectivity index (χ1v) is 11.2. The fourth-order valence-corrected chi connectivity index (χ4v) is 4.67. The Morgan fingerprint density at radius 3 is 2.41 bits per heavy atom. The summed E-state index contributed by atoms with van der Waals surface area (Å²) in [6.45, 7) is 4.02. The van der Waals surface area contributed by atoms with E-state index in [9.17, 15) is 15.3 Å². The summed E-state index contributed by atoms with van der Waals surface area (Å²) in [5.74, 6) is 5.54. The van der Waals surface area contributed by atoms with Crippen molar-refractivity contribution in [3.05, 3.63) is 62.1 Å². The molecule has 0 radical (unpaired) electrons. The van der Waals surface area contributed by atoms with Crippen molar-refractivity contribution in [2.45, 2.75) is 20.3 Å². The summed E-state index contributed by atoms with van der Waals surface area (Å²) in [7, 11) is 0. The van der Waals surface area contributed by atoms with E-state index in [4.69, 9.17) is 23.2 Å². The highest BCUT2D eigenvalue weighted by Crippen LogP contribution is 2.44. The molecule has 3 aromatic rings. The van der Waals surface area contributed by atoms with Gasteiger partial charge in [-0.1, -0.05) is 55.0 Å². The van der Waals surface area contributed by atoms with Gasteiger partial charge in [0.05, 0.1) is 33.3 Å². The third kappa shape index (κ3) is 3.77. The summed E-state index contributed by atoms with van der Waals surface area (Å²) >= 11 is 13.4. The molecule has 156 valence electrons. The number of allylic oxidation sites excluding steroid dienone is 2. The van der Waals surface area contributed by atoms with E-state index in [1.807, 2.05) is 38.1 Å². The van der Waals surface area contributed by atoms with Crippen LogP contribution in [-0.4, -0.2) is 14.5 Å². The molecule has 1 aliphatic carbocycles. The molecular weight excluding hydrogens is 463 g/mol. The Morgan fingerprint density at radius 1 is 1.09 bits per heavy atom. The average Bonchev–Trinajstić information content (AvgIpc) is 3.35. The van der Waals surface area contributed by atoms with Gasteiger partial charge in [0.15, 0.2) is 5.78 Å². The molecule has 1 heterocycles. The van der Waals surface area contributed by atoms with Gasteiger partial charge in [0.1, 0.15) is 28.7 Å². The molecule has 0 N–H and O–H groups in total. The molecular formula is C24H14Cl2N4OS. The number of halogens is 2. The van der Waals surface area contributed by atoms with Crippen molar-refractivity contribution in [1.29, 1.82) is 10.5 Å². The van der Waals surface area contributed by atoms with Gasteiger partial charge < -0.3 is 0 Å². The van der Waals surface area contributed by atoms with Gasteiger partial charge in [-0.3, -0.25) is 4.79 Å². The molecule has 0 bridgehead atoms. The Balaban J connectivity index is 1.85. The summed E-state index contributed by atoms with van der Waals surface area (Å²) in [6, 6.07) is 10.6. The van der Waals surface area contributed by atoms with Crippen molar-refractivity contribution in [2.75, 3.05) is 0 Å². The second-order valence-corrected chi connectivity index (χ2v) is 8.95. The zero-order valence-corrected chi connectivity index (χ0v) is 19.4. The fourth-order valence-electron chi connectivity index (χ4n) is 3.75. The summed E-state index contributed by atoms with van der Waals surface area (Å²) in [6.07, 6.45) is 0.255. The fraction of sp³-hybridized carbons (Fsp3) is 0.208. The second kappa shape index (κ2) is 8.73. The Labute approximate surface area is 199 Å². The number of rotatable bonds is 2. The van der Waals surface area contributed by atoms with Crippen molar-refractivity contribution in [2.24, 2.45) is 11.8 Å². The minimum Gasteiger partial charge on any atom is -0.293 e. The third-order valence-corrected chi connectivity index (χ3v) is 6.44. The van der Waals surface area contributed by atoms with Crippen LogP contribution >= 0.6 is 34.9 Å². The Kier molecular flexibility index (Phi) is 6.00. The third-order valence-electron chi connectivity index (χ3n) is 5.19. The van der Waals surface area contributed by atoms with Crippen LogP contribution in [0.25, 0.3) is 16.6 Å². The van der Waals surface area contributed by atoms with Gasteiger partial charge >= 0.3 is 0 Å². The lowest BCUT2D eigenvalue weighted by atomic mass is 9.88. The van der Waals surface area contributed by atoms with E-state index in [2.05, 4.69) is 20.6 Å². The highest BCUT2D eigenvalue weighted by molar-refractivity contribution is 7.00. The van der Waals surface area contributed by atoms with Crippen molar-refractivity contribution in [3.63, 3.8) is 0 Å². The quantitative estimate of drug-likeness (QED) is 0.341. The van der Waals surface area contributed by atoms with Crippen LogP contribution in [-0.2, 0) is 6.42 Å². The summed E-state index contributed by atoms with van der Waals surface area (Å²) in [4.78, 5) is 13.3. The normalized spacial score (nSPS) is 14.7. The van der Waals surface area contributed by atoms with Gasteiger partial charge in [0.2, 0.25) is 0 Å². The minimum absolute atomic E-state index is 0.118. The van der Waals surface area contributed by atoms with Crippen LogP contribution in [0.3, 0.4) is 0 Å². The number of Topliss-reactive ketones (excluding diaryl/α,β-unsaturated/α-hetero) is 1. The number of fused-ring (bicyclic) bond motifs is 2. The first-order valence-electron chi connectivity index (χ1n) is 9.69. The van der Waals surface area contributed by atoms with E-state index < -0.39 is 5.92 Å². The number of hydrogen-bond acceptors (Lipinski definition) is 6. The summed E-state index contributed by atoms with van der Waals surface area (Å²) in [5.41, 5.74) is 3.99. The highest BCUT2D eigenvalue weighted by Gasteiger charge is 2.38. The zero-order chi connectivity index (χ0) is 23.0. The lowest BCUT2D eigenvalue weighted by Crippen LogP contribution is -2.13. The molecule has 0 saturated carbocycles. The van der Waals surface area contributed by atoms with E-state index >= 15 is 0 Å².